The summed E-state index contributed by atoms with van der Waals surface area (Å²) in [4.78, 5) is 2.29. The van der Waals surface area contributed by atoms with E-state index in [0.29, 0.717) is 6.04 Å². The van der Waals surface area contributed by atoms with E-state index in [4.69, 9.17) is 0 Å². The fraction of sp³-hybridized carbons (Fsp3) is 0.625. The molecular formula is C16H28N2. The van der Waals surface area contributed by atoms with E-state index in [0.717, 1.165) is 19.0 Å². The molecule has 0 aliphatic carbocycles. The van der Waals surface area contributed by atoms with Crippen molar-refractivity contribution in [3.8, 4) is 0 Å². The zero-order chi connectivity index (χ0) is 13.4. The maximum Gasteiger partial charge on any atom is 0.0364 e. The summed E-state index contributed by atoms with van der Waals surface area (Å²) in [6, 6.07) is 11.2. The van der Waals surface area contributed by atoms with Gasteiger partial charge in [0.25, 0.3) is 0 Å². The first-order chi connectivity index (χ1) is 8.59. The lowest BCUT2D eigenvalue weighted by Gasteiger charge is -2.21. The first kappa shape index (κ1) is 15.0. The fourth-order valence-corrected chi connectivity index (χ4v) is 1.98. The Hall–Kier alpha value is -1.02. The SMILES string of the molecule is CC(C)CCC(C)NCCN(C)c1ccccc1. The van der Waals surface area contributed by atoms with Crippen LogP contribution in [0.2, 0.25) is 0 Å². The second-order valence-electron chi connectivity index (χ2n) is 5.58. The number of nitrogens with zero attached hydrogens (tertiary/aromatic N) is 1. The van der Waals surface area contributed by atoms with Crippen LogP contribution in [0.25, 0.3) is 0 Å². The molecule has 0 heterocycles. The fourth-order valence-electron chi connectivity index (χ4n) is 1.98. The van der Waals surface area contributed by atoms with Gasteiger partial charge in [0.2, 0.25) is 0 Å². The van der Waals surface area contributed by atoms with E-state index in [9.17, 15) is 0 Å². The van der Waals surface area contributed by atoms with E-state index >= 15 is 0 Å². The molecule has 1 unspecified atom stereocenters. The Balaban J connectivity index is 2.17. The predicted octanol–water partition coefficient (Wildman–Crippen LogP) is 3.54. The highest BCUT2D eigenvalue weighted by Gasteiger charge is 2.04. The first-order valence-electron chi connectivity index (χ1n) is 7.09. The van der Waals surface area contributed by atoms with Gasteiger partial charge >= 0.3 is 0 Å². The highest BCUT2D eigenvalue weighted by atomic mass is 15.1. The molecule has 0 amide bonds. The number of benzene rings is 1. The summed E-state index contributed by atoms with van der Waals surface area (Å²) < 4.78 is 0. The summed E-state index contributed by atoms with van der Waals surface area (Å²) in [6.07, 6.45) is 2.58. The zero-order valence-electron chi connectivity index (χ0n) is 12.3. The number of para-hydroxylation sites is 1. The van der Waals surface area contributed by atoms with Crippen LogP contribution in [0, 0.1) is 5.92 Å². The van der Waals surface area contributed by atoms with Crippen LogP contribution < -0.4 is 10.2 Å². The second kappa shape index (κ2) is 8.15. The van der Waals surface area contributed by atoms with Crippen molar-refractivity contribution in [2.24, 2.45) is 5.92 Å². The molecule has 0 saturated heterocycles. The molecule has 1 aromatic carbocycles. The molecule has 0 aliphatic heterocycles. The van der Waals surface area contributed by atoms with Gasteiger partial charge in [-0.3, -0.25) is 0 Å². The second-order valence-corrected chi connectivity index (χ2v) is 5.58. The molecule has 1 atom stereocenters. The maximum atomic E-state index is 3.60. The molecule has 1 rings (SSSR count). The van der Waals surface area contributed by atoms with Crippen molar-refractivity contribution >= 4 is 5.69 Å². The van der Waals surface area contributed by atoms with Crippen LogP contribution in [-0.4, -0.2) is 26.2 Å². The normalized spacial score (nSPS) is 12.7. The molecule has 0 bridgehead atoms. The summed E-state index contributed by atoms with van der Waals surface area (Å²) in [7, 11) is 2.15. The van der Waals surface area contributed by atoms with Gasteiger partial charge in [-0.15, -0.1) is 0 Å². The maximum absolute atomic E-state index is 3.60. The van der Waals surface area contributed by atoms with Crippen LogP contribution in [0.3, 0.4) is 0 Å². The molecule has 2 heteroatoms. The number of nitrogens with one attached hydrogen (secondary N) is 1. The van der Waals surface area contributed by atoms with Gasteiger partial charge < -0.3 is 10.2 Å². The van der Waals surface area contributed by atoms with E-state index in [1.807, 2.05) is 0 Å². The molecule has 18 heavy (non-hydrogen) atoms. The number of rotatable bonds is 8. The van der Waals surface area contributed by atoms with E-state index in [1.54, 1.807) is 0 Å². The van der Waals surface area contributed by atoms with Gasteiger partial charge in [0.15, 0.2) is 0 Å². The minimum Gasteiger partial charge on any atom is -0.373 e. The molecule has 2 nitrogen and oxygen atoms in total. The lowest BCUT2D eigenvalue weighted by Crippen LogP contribution is -2.34. The summed E-state index contributed by atoms with van der Waals surface area (Å²) >= 11 is 0. The Morgan fingerprint density at radius 3 is 2.33 bits per heavy atom. The monoisotopic (exact) mass is 248 g/mol. The van der Waals surface area contributed by atoms with Gasteiger partial charge in [-0.25, -0.2) is 0 Å². The Kier molecular flexibility index (Phi) is 6.81. The van der Waals surface area contributed by atoms with Crippen molar-refractivity contribution in [1.29, 1.82) is 0 Å². The minimum absolute atomic E-state index is 0.622. The standard InChI is InChI=1S/C16H28N2/c1-14(2)10-11-15(3)17-12-13-18(4)16-8-6-5-7-9-16/h5-9,14-15,17H,10-13H2,1-4H3. The van der Waals surface area contributed by atoms with Crippen LogP contribution >= 0.6 is 0 Å². The van der Waals surface area contributed by atoms with E-state index in [2.05, 4.69) is 68.4 Å². The number of likely N-dealkylation sites (N-methyl/N-ethyl adjacent to an activating group) is 1. The molecule has 0 aliphatic rings. The summed E-state index contributed by atoms with van der Waals surface area (Å²) in [6.45, 7) is 8.96. The molecule has 0 spiro atoms. The topological polar surface area (TPSA) is 15.3 Å². The summed E-state index contributed by atoms with van der Waals surface area (Å²) in [5, 5.41) is 3.60. The smallest absolute Gasteiger partial charge is 0.0364 e. The van der Waals surface area contributed by atoms with Crippen LogP contribution in [0.5, 0.6) is 0 Å². The van der Waals surface area contributed by atoms with Crippen LogP contribution in [0.15, 0.2) is 30.3 Å². The third-order valence-electron chi connectivity index (χ3n) is 3.31. The van der Waals surface area contributed by atoms with Crippen LogP contribution in [0.4, 0.5) is 5.69 Å². The largest absolute Gasteiger partial charge is 0.373 e. The van der Waals surface area contributed by atoms with Gasteiger partial charge in [0.05, 0.1) is 0 Å². The lowest BCUT2D eigenvalue weighted by molar-refractivity contribution is 0.454. The summed E-state index contributed by atoms with van der Waals surface area (Å²) in [5.74, 6) is 0.807. The minimum atomic E-state index is 0.622. The van der Waals surface area contributed by atoms with E-state index in [-0.39, 0.29) is 0 Å². The average Bonchev–Trinajstić information content (AvgIpc) is 2.37. The Morgan fingerprint density at radius 2 is 1.72 bits per heavy atom. The number of hydrogen-bond acceptors (Lipinski definition) is 2. The van der Waals surface area contributed by atoms with Gasteiger partial charge in [-0.1, -0.05) is 32.0 Å². The molecule has 1 N–H and O–H groups in total. The van der Waals surface area contributed by atoms with Crippen molar-refractivity contribution in [3.63, 3.8) is 0 Å². The third-order valence-corrected chi connectivity index (χ3v) is 3.31. The van der Waals surface area contributed by atoms with Crippen molar-refractivity contribution in [3.05, 3.63) is 30.3 Å². The highest BCUT2D eigenvalue weighted by molar-refractivity contribution is 5.44. The molecular weight excluding hydrogens is 220 g/mol. The Morgan fingerprint density at radius 1 is 1.06 bits per heavy atom. The molecule has 0 saturated carbocycles. The van der Waals surface area contributed by atoms with E-state index in [1.165, 1.54) is 18.5 Å². The molecule has 0 fully saturated rings. The van der Waals surface area contributed by atoms with E-state index < -0.39 is 0 Å². The molecule has 1 aromatic rings. The van der Waals surface area contributed by atoms with Crippen molar-refractivity contribution < 1.29 is 0 Å². The first-order valence-corrected chi connectivity index (χ1v) is 7.09. The lowest BCUT2D eigenvalue weighted by atomic mass is 10.0. The van der Waals surface area contributed by atoms with Crippen molar-refractivity contribution in [1.82, 2.24) is 5.32 Å². The Bertz CT molecular complexity index is 308. The van der Waals surface area contributed by atoms with Crippen LogP contribution in [-0.2, 0) is 0 Å². The number of hydrogen-bond donors (Lipinski definition) is 1. The summed E-state index contributed by atoms with van der Waals surface area (Å²) in [5.41, 5.74) is 1.29. The number of anilines is 1. The average molecular weight is 248 g/mol. The molecule has 102 valence electrons. The zero-order valence-corrected chi connectivity index (χ0v) is 12.3. The third kappa shape index (κ3) is 6.06. The Labute approximate surface area is 112 Å². The van der Waals surface area contributed by atoms with Gasteiger partial charge in [-0.05, 0) is 37.8 Å². The molecule has 0 radical (unpaired) electrons. The molecule has 0 aromatic heterocycles. The van der Waals surface area contributed by atoms with Gasteiger partial charge in [-0.2, -0.15) is 0 Å². The van der Waals surface area contributed by atoms with Gasteiger partial charge in [0.1, 0.15) is 0 Å². The predicted molar refractivity (Wildman–Crippen MR) is 81.2 cm³/mol. The van der Waals surface area contributed by atoms with Crippen LogP contribution in [0.1, 0.15) is 33.6 Å². The van der Waals surface area contributed by atoms with Crippen molar-refractivity contribution in [2.45, 2.75) is 39.7 Å². The highest BCUT2D eigenvalue weighted by Crippen LogP contribution is 2.10. The van der Waals surface area contributed by atoms with Crippen molar-refractivity contribution in [2.75, 3.05) is 25.0 Å². The van der Waals surface area contributed by atoms with Gasteiger partial charge in [0, 0.05) is 31.9 Å². The quantitative estimate of drug-likeness (QED) is 0.757.